The summed E-state index contributed by atoms with van der Waals surface area (Å²) >= 11 is 0. The highest BCUT2D eigenvalue weighted by Crippen LogP contribution is 2.27. The van der Waals surface area contributed by atoms with Crippen LogP contribution in [0.5, 0.6) is 0 Å². The molecule has 0 aliphatic carbocycles. The Hall–Kier alpha value is -2.38. The molecule has 1 aliphatic heterocycles. The number of hydrogen-bond acceptors (Lipinski definition) is 10. The predicted octanol–water partition coefficient (Wildman–Crippen LogP) is 20.7. The number of nitrogens with one attached hydrogen (secondary N) is 1. The van der Waals surface area contributed by atoms with Crippen LogP contribution in [0.2, 0.25) is 0 Å². The maximum atomic E-state index is 13.5. The first-order chi connectivity index (χ1) is 44.2. The van der Waals surface area contributed by atoms with Gasteiger partial charge in [0.15, 0.2) is 12.4 Å². The van der Waals surface area contributed by atoms with E-state index in [1.54, 1.807) is 6.08 Å². The Morgan fingerprint density at radius 3 is 1.17 bits per heavy atom. The van der Waals surface area contributed by atoms with Crippen molar-refractivity contribution >= 4 is 11.9 Å². The summed E-state index contributed by atoms with van der Waals surface area (Å²) in [4.78, 5) is 26.8. The maximum Gasteiger partial charge on any atom is 0.306 e. The van der Waals surface area contributed by atoms with Gasteiger partial charge in [-0.3, -0.25) is 9.59 Å². The Kier molecular flexibility index (Phi) is 63.4. The van der Waals surface area contributed by atoms with Gasteiger partial charge in [0.05, 0.1) is 25.4 Å². The molecule has 1 amide bonds. The van der Waals surface area contributed by atoms with E-state index in [0.717, 1.165) is 64.2 Å². The molecule has 11 heteroatoms. The normalized spacial score (nSPS) is 18.2. The lowest BCUT2D eigenvalue weighted by molar-refractivity contribution is -0.305. The minimum absolute atomic E-state index is 0.126. The topological polar surface area (TPSA) is 175 Å². The molecule has 1 heterocycles. The van der Waals surface area contributed by atoms with Gasteiger partial charge < -0.3 is 45.1 Å². The molecule has 0 aromatic rings. The number of allylic oxidation sites excluding steroid dienone is 7. The average Bonchev–Trinajstić information content (AvgIpc) is 1.18. The van der Waals surface area contributed by atoms with Crippen molar-refractivity contribution in [3.8, 4) is 0 Å². The minimum Gasteiger partial charge on any atom is -0.454 e. The summed E-state index contributed by atoms with van der Waals surface area (Å²) in [6, 6.07) is -1.02. The summed E-state index contributed by atoms with van der Waals surface area (Å²) in [6.07, 6.45) is 74.5. The molecule has 0 bridgehead atoms. The van der Waals surface area contributed by atoms with Crippen LogP contribution in [0.25, 0.3) is 0 Å². The number of unbranched alkanes of at least 4 members (excludes halogenated alkanes) is 48. The number of esters is 1. The fraction of sp³-hybridized carbons (Fsp3) is 0.873. The third-order valence-electron chi connectivity index (χ3n) is 18.5. The van der Waals surface area contributed by atoms with E-state index in [4.69, 9.17) is 14.2 Å². The van der Waals surface area contributed by atoms with Gasteiger partial charge in [-0.15, -0.1) is 0 Å². The third-order valence-corrected chi connectivity index (χ3v) is 18.5. The van der Waals surface area contributed by atoms with Crippen LogP contribution >= 0.6 is 0 Å². The fourth-order valence-corrected chi connectivity index (χ4v) is 12.3. The van der Waals surface area contributed by atoms with Crippen LogP contribution in [0.3, 0.4) is 0 Å². The van der Waals surface area contributed by atoms with Crippen molar-refractivity contribution in [1.82, 2.24) is 5.32 Å². The van der Waals surface area contributed by atoms with Gasteiger partial charge in [0, 0.05) is 6.42 Å². The third kappa shape index (κ3) is 52.9. The van der Waals surface area contributed by atoms with Gasteiger partial charge in [0.2, 0.25) is 5.91 Å². The Labute approximate surface area is 555 Å². The summed E-state index contributed by atoms with van der Waals surface area (Å²) in [7, 11) is 0. The van der Waals surface area contributed by atoms with Gasteiger partial charge in [0.25, 0.3) is 0 Å². The van der Waals surface area contributed by atoms with Crippen molar-refractivity contribution in [2.75, 3.05) is 13.2 Å². The lowest BCUT2D eigenvalue weighted by Crippen LogP contribution is -2.61. The summed E-state index contributed by atoms with van der Waals surface area (Å²) in [6.45, 7) is 5.82. The summed E-state index contributed by atoms with van der Waals surface area (Å²) < 4.78 is 17.7. The summed E-state index contributed by atoms with van der Waals surface area (Å²) in [5.74, 6) is -1.18. The van der Waals surface area contributed by atoms with Crippen molar-refractivity contribution in [2.24, 2.45) is 0 Å². The van der Waals surface area contributed by atoms with E-state index < -0.39 is 67.4 Å². The van der Waals surface area contributed by atoms with Crippen molar-refractivity contribution in [2.45, 2.75) is 429 Å². The number of amides is 1. The molecule has 11 nitrogen and oxygen atoms in total. The number of carbonyl (C=O) groups excluding carboxylic acids is 2. The molecule has 1 rings (SSSR count). The fourth-order valence-electron chi connectivity index (χ4n) is 12.3. The zero-order valence-corrected chi connectivity index (χ0v) is 59.0. The van der Waals surface area contributed by atoms with Crippen LogP contribution in [-0.4, -0.2) is 99.6 Å². The first-order valence-electron chi connectivity index (χ1n) is 38.9. The number of aliphatic hydroxyl groups excluding tert-OH is 5. The second-order valence-electron chi connectivity index (χ2n) is 27.1. The molecule has 0 spiro atoms. The highest BCUT2D eigenvalue weighted by molar-refractivity contribution is 5.80. The molecule has 1 saturated heterocycles. The first kappa shape index (κ1) is 85.6. The number of ether oxygens (including phenoxy) is 3. The van der Waals surface area contributed by atoms with E-state index in [9.17, 15) is 35.1 Å². The Morgan fingerprint density at radius 2 is 0.767 bits per heavy atom. The lowest BCUT2D eigenvalue weighted by Gasteiger charge is -2.41. The van der Waals surface area contributed by atoms with E-state index in [-0.39, 0.29) is 13.0 Å². The largest absolute Gasteiger partial charge is 0.454 e. The molecule has 1 fully saturated rings. The minimum atomic E-state index is -1.61. The van der Waals surface area contributed by atoms with E-state index in [1.807, 2.05) is 6.08 Å². The van der Waals surface area contributed by atoms with Gasteiger partial charge in [-0.05, 0) is 83.5 Å². The molecular formula is C79H147NO10. The average molecular weight is 1270 g/mol. The first-order valence-corrected chi connectivity index (χ1v) is 38.9. The number of rotatable bonds is 68. The van der Waals surface area contributed by atoms with Gasteiger partial charge in [-0.2, -0.15) is 0 Å². The van der Waals surface area contributed by atoms with E-state index in [2.05, 4.69) is 62.5 Å². The molecule has 0 aromatic heterocycles. The van der Waals surface area contributed by atoms with Crippen LogP contribution in [-0.2, 0) is 23.8 Å². The Morgan fingerprint density at radius 1 is 0.433 bits per heavy atom. The van der Waals surface area contributed by atoms with Crippen molar-refractivity contribution in [3.63, 3.8) is 0 Å². The maximum absolute atomic E-state index is 13.5. The molecule has 528 valence electrons. The van der Waals surface area contributed by atoms with Crippen LogP contribution in [0.15, 0.2) is 48.6 Å². The highest BCUT2D eigenvalue weighted by Gasteiger charge is 2.47. The number of carbonyl (C=O) groups is 2. The van der Waals surface area contributed by atoms with Crippen molar-refractivity contribution in [3.05, 3.63) is 48.6 Å². The molecular weight excluding hydrogens is 1120 g/mol. The second kappa shape index (κ2) is 66.6. The van der Waals surface area contributed by atoms with Gasteiger partial charge >= 0.3 is 5.97 Å². The van der Waals surface area contributed by atoms with E-state index >= 15 is 0 Å². The molecule has 1 aliphatic rings. The predicted molar refractivity (Wildman–Crippen MR) is 380 cm³/mol. The smallest absolute Gasteiger partial charge is 0.306 e. The van der Waals surface area contributed by atoms with Crippen LogP contribution in [0.4, 0.5) is 0 Å². The van der Waals surface area contributed by atoms with Gasteiger partial charge in [-0.1, -0.05) is 339 Å². The molecule has 0 radical (unpaired) electrons. The zero-order chi connectivity index (χ0) is 65.3. The van der Waals surface area contributed by atoms with Crippen LogP contribution in [0, 0.1) is 0 Å². The van der Waals surface area contributed by atoms with Gasteiger partial charge in [-0.25, -0.2) is 0 Å². The van der Waals surface area contributed by atoms with E-state index in [0.29, 0.717) is 19.3 Å². The summed E-state index contributed by atoms with van der Waals surface area (Å²) in [5.41, 5.74) is 0. The molecule has 8 unspecified atom stereocenters. The number of hydrogen-bond donors (Lipinski definition) is 6. The van der Waals surface area contributed by atoms with Crippen LogP contribution < -0.4 is 5.32 Å². The van der Waals surface area contributed by atoms with Crippen molar-refractivity contribution in [1.29, 1.82) is 0 Å². The number of aliphatic hydroxyl groups is 5. The molecule has 90 heavy (non-hydrogen) atoms. The Balaban J connectivity index is 2.50. The summed E-state index contributed by atoms with van der Waals surface area (Å²) in [5, 5.41) is 57.4. The van der Waals surface area contributed by atoms with Crippen molar-refractivity contribution < 1.29 is 49.3 Å². The standard InChI is InChI=1S/C79H147NO10/c1-4-7-10-13-16-19-22-25-27-29-31-33-35-37-39-41-43-45-47-49-52-55-58-61-64-67-74(84)90-77-76(86)75(85)73(68-81)89-79(77)88-69-70(71(82)65-62-59-56-53-50-24-21-18-15-12-9-6-3)80-78(87)72(83)66-63-60-57-54-51-48-46-44-42-40-38-36-34-32-30-28-26-23-20-17-14-11-8-5-2/h16,19,25-28,62,65,70-73,75-77,79,81-83,85-86H,4-15,17-18,20-24,29-61,63-64,66-69H2,1-3H3,(H,80,87)/b19-16-,27-25-,28-26+,65-62+. The zero-order valence-electron chi connectivity index (χ0n) is 59.0. The monoisotopic (exact) mass is 1270 g/mol. The highest BCUT2D eigenvalue weighted by atomic mass is 16.7. The van der Waals surface area contributed by atoms with Gasteiger partial charge in [0.1, 0.15) is 24.4 Å². The second-order valence-corrected chi connectivity index (χ2v) is 27.1. The quantitative estimate of drug-likeness (QED) is 0.0195. The molecule has 0 saturated carbocycles. The Bertz CT molecular complexity index is 1650. The van der Waals surface area contributed by atoms with E-state index in [1.165, 1.54) is 270 Å². The molecule has 8 atom stereocenters. The van der Waals surface area contributed by atoms with Crippen LogP contribution in [0.1, 0.15) is 380 Å². The lowest BCUT2D eigenvalue weighted by atomic mass is 9.99. The SMILES string of the molecule is CCCCC/C=C\C/C=C\CCCCCCCCCCCCCCCCCC(=O)OC1C(OCC(NC(=O)C(O)CCCCCCCCCCCCCCCC/C=C/CCCCCCCC)C(O)/C=C/CCCCCCCCCCCC)OC(CO)C(O)C1O. The molecule has 0 aromatic carbocycles. The molecule has 6 N–H and O–H groups in total.